The minimum atomic E-state index is -4.18. The molecule has 0 heterocycles. The van der Waals surface area contributed by atoms with Crippen LogP contribution in [0.5, 0.6) is 11.5 Å². The van der Waals surface area contributed by atoms with Gasteiger partial charge < -0.3 is 9.05 Å². The minimum absolute atomic E-state index is 0.313. The maximum Gasteiger partial charge on any atom is 0.503 e. The molecule has 0 radical (unpaired) electrons. The highest BCUT2D eigenvalue weighted by molar-refractivity contribution is 7.73. The Kier molecular flexibility index (Phi) is 5.48. The molecule has 0 unspecified atom stereocenters. The Morgan fingerprint density at radius 1 is 0.741 bits per heavy atom. The van der Waals surface area contributed by atoms with Crippen molar-refractivity contribution < 1.29 is 18.4 Å². The van der Waals surface area contributed by atoms with Crippen LogP contribution in [-0.2, 0) is 4.57 Å². The van der Waals surface area contributed by atoms with E-state index in [0.29, 0.717) is 17.1 Å². The number of aryl methyl sites for hydroxylation is 3. The van der Waals surface area contributed by atoms with Crippen LogP contribution in [0.2, 0.25) is 0 Å². The predicted molar refractivity (Wildman–Crippen MR) is 107 cm³/mol. The number of benzene rings is 3. The zero-order valence-corrected chi connectivity index (χ0v) is 16.4. The molecule has 0 bridgehead atoms. The molecule has 3 rings (SSSR count). The summed E-state index contributed by atoms with van der Waals surface area (Å²) in [5, 5.41) is 0. The van der Waals surface area contributed by atoms with Gasteiger partial charge in [0.15, 0.2) is 0 Å². The Morgan fingerprint density at radius 3 is 1.56 bits per heavy atom. The van der Waals surface area contributed by atoms with Gasteiger partial charge in [0.2, 0.25) is 0 Å². The average molecular weight is 380 g/mol. The van der Waals surface area contributed by atoms with E-state index in [-0.39, 0.29) is 0 Å². The lowest BCUT2D eigenvalue weighted by atomic mass is 10.0. The molecule has 0 spiro atoms. The van der Waals surface area contributed by atoms with Gasteiger partial charge in [0, 0.05) is 5.56 Å². The zero-order valence-electron chi connectivity index (χ0n) is 15.5. The highest BCUT2D eigenvalue weighted by atomic mass is 31.2. The van der Waals surface area contributed by atoms with E-state index in [0.717, 1.165) is 16.7 Å². The van der Waals surface area contributed by atoms with Gasteiger partial charge in [-0.3, -0.25) is 4.79 Å². The molecule has 0 fully saturated rings. The van der Waals surface area contributed by atoms with E-state index in [1.807, 2.05) is 45.0 Å². The lowest BCUT2D eigenvalue weighted by Gasteiger charge is -2.20. The fraction of sp³-hybridized carbons (Fsp3) is 0.136. The number of hydrogen-bond acceptors (Lipinski definition) is 4. The Labute approximate surface area is 159 Å². The molecular formula is C22H21O4P. The molecule has 3 aromatic rings. The van der Waals surface area contributed by atoms with Crippen LogP contribution in [0.1, 0.15) is 27.0 Å². The standard InChI is InChI=1S/C22H21O4P/c1-16-14-17(2)21(18(3)15-16)22(23)27(24,25-19-10-6-4-7-11-19)26-20-12-8-5-9-13-20/h4-15H,1-3H3. The van der Waals surface area contributed by atoms with E-state index in [1.165, 1.54) is 0 Å². The molecule has 5 heteroatoms. The third-order valence-corrected chi connectivity index (χ3v) is 5.70. The van der Waals surface area contributed by atoms with E-state index < -0.39 is 13.1 Å². The summed E-state index contributed by atoms with van der Waals surface area (Å²) in [7, 11) is -4.18. The van der Waals surface area contributed by atoms with Crippen LogP contribution in [0.3, 0.4) is 0 Å². The highest BCUT2D eigenvalue weighted by Crippen LogP contribution is 2.52. The van der Waals surface area contributed by atoms with Gasteiger partial charge in [-0.25, -0.2) is 4.57 Å². The lowest BCUT2D eigenvalue weighted by molar-refractivity contribution is 0.104. The maximum absolute atomic E-state index is 13.6. The Hall–Kier alpha value is -2.84. The molecular weight excluding hydrogens is 359 g/mol. The van der Waals surface area contributed by atoms with Gasteiger partial charge in [-0.15, -0.1) is 0 Å². The third-order valence-electron chi connectivity index (χ3n) is 4.08. The van der Waals surface area contributed by atoms with Crippen LogP contribution in [0, 0.1) is 20.8 Å². The molecule has 0 aliphatic carbocycles. The molecule has 4 nitrogen and oxygen atoms in total. The van der Waals surface area contributed by atoms with Gasteiger partial charge in [0.05, 0.1) is 0 Å². The van der Waals surface area contributed by atoms with Gasteiger partial charge in [-0.1, -0.05) is 54.1 Å². The molecule has 0 N–H and O–H groups in total. The largest absolute Gasteiger partial charge is 0.503 e. The minimum Gasteiger partial charge on any atom is -0.411 e. The molecule has 0 amide bonds. The summed E-state index contributed by atoms with van der Waals surface area (Å²) < 4.78 is 24.9. The lowest BCUT2D eigenvalue weighted by Crippen LogP contribution is -2.14. The summed E-state index contributed by atoms with van der Waals surface area (Å²) in [5.41, 5.74) is 2.24. The van der Waals surface area contributed by atoms with E-state index in [1.54, 1.807) is 48.5 Å². The summed E-state index contributed by atoms with van der Waals surface area (Å²) in [4.78, 5) is 13.3. The average Bonchev–Trinajstić information content (AvgIpc) is 2.62. The van der Waals surface area contributed by atoms with Crippen molar-refractivity contribution in [2.45, 2.75) is 20.8 Å². The van der Waals surface area contributed by atoms with E-state index >= 15 is 0 Å². The quantitative estimate of drug-likeness (QED) is 0.485. The first-order valence-corrected chi connectivity index (χ1v) is 10.2. The van der Waals surface area contributed by atoms with Crippen LogP contribution < -0.4 is 9.05 Å². The molecule has 0 aromatic heterocycles. The van der Waals surface area contributed by atoms with Gasteiger partial charge in [-0.05, 0) is 56.2 Å². The van der Waals surface area contributed by atoms with Crippen LogP contribution in [-0.4, -0.2) is 5.52 Å². The molecule has 0 atom stereocenters. The number of para-hydroxylation sites is 2. The van der Waals surface area contributed by atoms with Crippen molar-refractivity contribution in [3.8, 4) is 11.5 Å². The third kappa shape index (κ3) is 4.29. The molecule has 138 valence electrons. The second-order valence-corrected chi connectivity index (χ2v) is 8.15. The fourth-order valence-corrected chi connectivity index (χ4v) is 4.62. The van der Waals surface area contributed by atoms with Crippen molar-refractivity contribution in [1.82, 2.24) is 0 Å². The Bertz CT molecular complexity index is 929. The Morgan fingerprint density at radius 2 is 1.15 bits per heavy atom. The number of rotatable bonds is 6. The van der Waals surface area contributed by atoms with Gasteiger partial charge in [-0.2, -0.15) is 0 Å². The summed E-state index contributed by atoms with van der Waals surface area (Å²) in [5.74, 6) is 0.625. The van der Waals surface area contributed by atoms with Crippen molar-refractivity contribution in [2.24, 2.45) is 0 Å². The van der Waals surface area contributed by atoms with Crippen LogP contribution >= 0.6 is 7.60 Å². The van der Waals surface area contributed by atoms with Crippen LogP contribution in [0.25, 0.3) is 0 Å². The summed E-state index contributed by atoms with van der Waals surface area (Å²) in [6.45, 7) is 5.60. The van der Waals surface area contributed by atoms with E-state index in [2.05, 4.69) is 0 Å². The van der Waals surface area contributed by atoms with Crippen molar-refractivity contribution in [2.75, 3.05) is 0 Å². The first-order chi connectivity index (χ1) is 12.9. The van der Waals surface area contributed by atoms with Crippen molar-refractivity contribution in [3.05, 3.63) is 95.1 Å². The van der Waals surface area contributed by atoms with Gasteiger partial charge >= 0.3 is 7.60 Å². The van der Waals surface area contributed by atoms with Gasteiger partial charge in [0.25, 0.3) is 5.52 Å². The highest BCUT2D eigenvalue weighted by Gasteiger charge is 2.41. The molecule has 0 saturated heterocycles. The van der Waals surface area contributed by atoms with Crippen molar-refractivity contribution in [3.63, 3.8) is 0 Å². The van der Waals surface area contributed by atoms with Crippen LogP contribution in [0.4, 0.5) is 0 Å². The molecule has 3 aromatic carbocycles. The monoisotopic (exact) mass is 380 g/mol. The second kappa shape index (κ2) is 7.81. The SMILES string of the molecule is Cc1cc(C)c(C(=O)P(=O)(Oc2ccccc2)Oc2ccccc2)c(C)c1. The van der Waals surface area contributed by atoms with Crippen LogP contribution in [0.15, 0.2) is 72.8 Å². The summed E-state index contributed by atoms with van der Waals surface area (Å²) in [6, 6.07) is 20.9. The zero-order chi connectivity index (χ0) is 19.4. The molecule has 27 heavy (non-hydrogen) atoms. The predicted octanol–water partition coefficient (Wildman–Crippen LogP) is 6.10. The van der Waals surface area contributed by atoms with E-state index in [4.69, 9.17) is 9.05 Å². The number of carbonyl (C=O) groups is 1. The topological polar surface area (TPSA) is 52.6 Å². The van der Waals surface area contributed by atoms with Gasteiger partial charge in [0.1, 0.15) is 11.5 Å². The molecule has 0 aliphatic rings. The van der Waals surface area contributed by atoms with Crippen molar-refractivity contribution in [1.29, 1.82) is 0 Å². The normalized spacial score (nSPS) is 11.1. The number of carbonyl (C=O) groups excluding carboxylic acids is 1. The maximum atomic E-state index is 13.6. The number of hydrogen-bond donors (Lipinski definition) is 0. The first kappa shape index (κ1) is 18.9. The van der Waals surface area contributed by atoms with E-state index in [9.17, 15) is 9.36 Å². The first-order valence-electron chi connectivity index (χ1n) is 8.61. The molecule has 0 saturated carbocycles. The summed E-state index contributed by atoms with van der Waals surface area (Å²) in [6.07, 6.45) is 0. The summed E-state index contributed by atoms with van der Waals surface area (Å²) >= 11 is 0. The van der Waals surface area contributed by atoms with Crippen molar-refractivity contribution >= 4 is 13.1 Å². The Balaban J connectivity index is 2.06. The second-order valence-electron chi connectivity index (χ2n) is 6.39. The molecule has 0 aliphatic heterocycles. The fourth-order valence-electron chi connectivity index (χ4n) is 3.00. The smallest absolute Gasteiger partial charge is 0.411 e.